The highest BCUT2D eigenvalue weighted by Crippen LogP contribution is 2.44. The first kappa shape index (κ1) is 17.7. The van der Waals surface area contributed by atoms with Gasteiger partial charge in [-0.3, -0.25) is 14.4 Å². The van der Waals surface area contributed by atoms with E-state index in [-0.39, 0.29) is 18.6 Å². The van der Waals surface area contributed by atoms with E-state index in [2.05, 4.69) is 10.6 Å². The molecule has 27 heavy (non-hydrogen) atoms. The van der Waals surface area contributed by atoms with E-state index in [0.717, 1.165) is 0 Å². The summed E-state index contributed by atoms with van der Waals surface area (Å²) in [6.45, 7) is 0.233. The van der Waals surface area contributed by atoms with Gasteiger partial charge in [-0.25, -0.2) is 0 Å². The Hall–Kier alpha value is -2.65. The summed E-state index contributed by atoms with van der Waals surface area (Å²) in [6, 6.07) is 5.09. The maximum Gasteiger partial charge on any atom is 0.310 e. The molecule has 4 heterocycles. The molecule has 4 rings (SSSR count). The van der Waals surface area contributed by atoms with Crippen LogP contribution in [-0.4, -0.2) is 35.1 Å². The van der Waals surface area contributed by atoms with Gasteiger partial charge in [0, 0.05) is 0 Å². The lowest BCUT2D eigenvalue weighted by molar-refractivity contribution is -0.147. The second-order valence-electron chi connectivity index (χ2n) is 6.59. The zero-order chi connectivity index (χ0) is 19.0. The van der Waals surface area contributed by atoms with Gasteiger partial charge in [0.2, 0.25) is 5.91 Å². The molecule has 0 spiro atoms. The molecule has 2 amide bonds. The van der Waals surface area contributed by atoms with E-state index in [9.17, 15) is 19.5 Å². The van der Waals surface area contributed by atoms with Crippen LogP contribution in [0.25, 0.3) is 0 Å². The number of anilines is 1. The number of hydrogen-bond donors (Lipinski definition) is 3. The van der Waals surface area contributed by atoms with Crippen molar-refractivity contribution in [2.75, 3.05) is 5.32 Å². The molecule has 4 atom stereocenters. The molecule has 142 valence electrons. The van der Waals surface area contributed by atoms with Crippen LogP contribution >= 0.6 is 11.3 Å². The first-order chi connectivity index (χ1) is 13.0. The fraction of sp³-hybridized carbons (Fsp3) is 0.389. The van der Waals surface area contributed by atoms with Crippen molar-refractivity contribution >= 4 is 34.1 Å². The molecule has 9 heteroatoms. The molecule has 2 aromatic heterocycles. The molecule has 0 aromatic carbocycles. The van der Waals surface area contributed by atoms with Crippen LogP contribution < -0.4 is 10.6 Å². The molecule has 0 aliphatic carbocycles. The van der Waals surface area contributed by atoms with Crippen LogP contribution in [0.4, 0.5) is 5.00 Å². The van der Waals surface area contributed by atoms with Gasteiger partial charge in [-0.15, -0.1) is 11.3 Å². The van der Waals surface area contributed by atoms with Crippen molar-refractivity contribution in [3.63, 3.8) is 0 Å². The van der Waals surface area contributed by atoms with Crippen molar-refractivity contribution < 1.29 is 28.6 Å². The Balaban J connectivity index is 1.44. The second-order valence-corrected chi connectivity index (χ2v) is 7.51. The highest BCUT2D eigenvalue weighted by Gasteiger charge is 2.55. The number of amides is 2. The van der Waals surface area contributed by atoms with Crippen LogP contribution in [0, 0.1) is 11.8 Å². The van der Waals surface area contributed by atoms with E-state index >= 15 is 0 Å². The standard InChI is InChI=1S/C18H18N2O6S/c21-15(19-8-9-2-1-6-25-9)10-5-7-27-17(10)20-16(22)13-11-3-4-12(26-11)14(13)18(23)24/h1-2,5-7,11-14H,3-4,8H2,(H,19,21)(H,20,22)(H,23,24)/t11-,12-,13+,14-/m1/s1. The molecule has 0 unspecified atom stereocenters. The molecular formula is C18H18N2O6S. The van der Waals surface area contributed by atoms with Gasteiger partial charge >= 0.3 is 5.97 Å². The first-order valence-electron chi connectivity index (χ1n) is 8.62. The number of hydrogen-bond acceptors (Lipinski definition) is 6. The van der Waals surface area contributed by atoms with Crippen LogP contribution in [0.3, 0.4) is 0 Å². The number of aliphatic carboxylic acids is 1. The number of furan rings is 1. The van der Waals surface area contributed by atoms with E-state index in [4.69, 9.17) is 9.15 Å². The summed E-state index contributed by atoms with van der Waals surface area (Å²) < 4.78 is 10.8. The smallest absolute Gasteiger partial charge is 0.310 e. The number of carboxylic acids is 1. The molecule has 0 radical (unpaired) electrons. The molecule has 2 aliphatic rings. The van der Waals surface area contributed by atoms with Crippen molar-refractivity contribution in [2.45, 2.75) is 31.6 Å². The lowest BCUT2D eigenvalue weighted by Crippen LogP contribution is -2.41. The SMILES string of the molecule is O=C(NCc1ccco1)c1ccsc1NC(=O)[C@@H]1[C@H](C(=O)O)[C@H]2CC[C@H]1O2. The molecule has 3 N–H and O–H groups in total. The average Bonchev–Trinajstić information content (AvgIpc) is 3.42. The predicted molar refractivity (Wildman–Crippen MR) is 95.3 cm³/mol. The highest BCUT2D eigenvalue weighted by atomic mass is 32.1. The second kappa shape index (κ2) is 7.16. The zero-order valence-corrected chi connectivity index (χ0v) is 15.0. The maximum atomic E-state index is 12.7. The average molecular weight is 390 g/mol. The Morgan fingerprint density at radius 2 is 1.96 bits per heavy atom. The number of fused-ring (bicyclic) bond motifs is 2. The minimum Gasteiger partial charge on any atom is -0.481 e. The van der Waals surface area contributed by atoms with Gasteiger partial charge in [0.05, 0.1) is 42.4 Å². The number of carbonyl (C=O) groups is 3. The van der Waals surface area contributed by atoms with Crippen molar-refractivity contribution in [3.8, 4) is 0 Å². The molecule has 0 saturated carbocycles. The largest absolute Gasteiger partial charge is 0.481 e. The van der Waals surface area contributed by atoms with Gasteiger partial charge in [-0.2, -0.15) is 0 Å². The molecule has 2 bridgehead atoms. The Morgan fingerprint density at radius 1 is 1.19 bits per heavy atom. The lowest BCUT2D eigenvalue weighted by Gasteiger charge is -2.23. The highest BCUT2D eigenvalue weighted by molar-refractivity contribution is 7.14. The summed E-state index contributed by atoms with van der Waals surface area (Å²) in [5, 5.41) is 17.0. The summed E-state index contributed by atoms with van der Waals surface area (Å²) in [6.07, 6.45) is 2.06. The normalized spacial score (nSPS) is 26.1. The van der Waals surface area contributed by atoms with Crippen LogP contribution in [0.1, 0.15) is 29.0 Å². The summed E-state index contributed by atoms with van der Waals surface area (Å²) in [5.74, 6) is -2.76. The topological polar surface area (TPSA) is 118 Å². The molecule has 2 aromatic rings. The first-order valence-corrected chi connectivity index (χ1v) is 9.49. The minimum absolute atomic E-state index is 0.233. The van der Waals surface area contributed by atoms with E-state index < -0.39 is 29.8 Å². The van der Waals surface area contributed by atoms with E-state index in [1.165, 1.54) is 17.6 Å². The fourth-order valence-corrected chi connectivity index (χ4v) is 4.57. The van der Waals surface area contributed by atoms with Crippen molar-refractivity contribution in [1.82, 2.24) is 5.32 Å². The number of rotatable bonds is 6. The van der Waals surface area contributed by atoms with Crippen molar-refractivity contribution in [1.29, 1.82) is 0 Å². The van der Waals surface area contributed by atoms with Crippen LogP contribution in [0.5, 0.6) is 0 Å². The van der Waals surface area contributed by atoms with Crippen LogP contribution in [0.15, 0.2) is 34.3 Å². The molecule has 2 saturated heterocycles. The summed E-state index contributed by atoms with van der Waals surface area (Å²) in [4.78, 5) is 36.7. The summed E-state index contributed by atoms with van der Waals surface area (Å²) >= 11 is 1.21. The third kappa shape index (κ3) is 3.35. The van der Waals surface area contributed by atoms with E-state index in [1.807, 2.05) is 0 Å². The van der Waals surface area contributed by atoms with Gasteiger partial charge in [-0.1, -0.05) is 0 Å². The van der Waals surface area contributed by atoms with Gasteiger partial charge < -0.3 is 24.9 Å². The van der Waals surface area contributed by atoms with Crippen molar-refractivity contribution in [2.24, 2.45) is 11.8 Å². The molecule has 2 aliphatic heterocycles. The Kier molecular flexibility index (Phi) is 4.71. The quantitative estimate of drug-likeness (QED) is 0.695. The van der Waals surface area contributed by atoms with Crippen molar-refractivity contribution in [3.05, 3.63) is 41.2 Å². The molecule has 2 fully saturated rings. The van der Waals surface area contributed by atoms with Gasteiger partial charge in [0.25, 0.3) is 5.91 Å². The maximum absolute atomic E-state index is 12.7. The van der Waals surface area contributed by atoms with E-state index in [1.54, 1.807) is 23.6 Å². The third-order valence-electron chi connectivity index (χ3n) is 5.01. The Labute approximate surface area is 158 Å². The molecule has 8 nitrogen and oxygen atoms in total. The Morgan fingerprint density at radius 3 is 2.67 bits per heavy atom. The summed E-state index contributed by atoms with van der Waals surface area (Å²) in [5.41, 5.74) is 0.329. The van der Waals surface area contributed by atoms with Gasteiger partial charge in [0.15, 0.2) is 0 Å². The van der Waals surface area contributed by atoms with Crippen LogP contribution in [0.2, 0.25) is 0 Å². The lowest BCUT2D eigenvalue weighted by atomic mass is 9.79. The third-order valence-corrected chi connectivity index (χ3v) is 5.84. The number of carbonyl (C=O) groups excluding carboxylic acids is 2. The van der Waals surface area contributed by atoms with Gasteiger partial charge in [0.1, 0.15) is 10.8 Å². The number of nitrogens with one attached hydrogen (secondary N) is 2. The predicted octanol–water partition coefficient (Wildman–Crippen LogP) is 2.09. The number of carboxylic acid groups (broad SMARTS) is 1. The number of thiophene rings is 1. The van der Waals surface area contributed by atoms with E-state index in [0.29, 0.717) is 29.2 Å². The molecular weight excluding hydrogens is 372 g/mol. The fourth-order valence-electron chi connectivity index (χ4n) is 3.78. The zero-order valence-electron chi connectivity index (χ0n) is 14.2. The van der Waals surface area contributed by atoms with Gasteiger partial charge in [-0.05, 0) is 36.4 Å². The Bertz CT molecular complexity index is 861. The van der Waals surface area contributed by atoms with Crippen LogP contribution in [-0.2, 0) is 20.9 Å². The number of ether oxygens (including phenoxy) is 1. The monoisotopic (exact) mass is 390 g/mol. The summed E-state index contributed by atoms with van der Waals surface area (Å²) in [7, 11) is 0. The minimum atomic E-state index is -1.02.